The summed E-state index contributed by atoms with van der Waals surface area (Å²) in [5, 5.41) is 3.46. The summed E-state index contributed by atoms with van der Waals surface area (Å²) >= 11 is 5.58. The molecule has 1 unspecified atom stereocenters. The van der Waals surface area contributed by atoms with E-state index >= 15 is 0 Å². The van der Waals surface area contributed by atoms with E-state index in [1.807, 2.05) is 0 Å². The third kappa shape index (κ3) is 5.50. The second-order valence-electron chi connectivity index (χ2n) is 3.68. The molecule has 1 aliphatic heterocycles. The van der Waals surface area contributed by atoms with Gasteiger partial charge in [-0.1, -0.05) is 6.42 Å². The first-order valence-corrected chi connectivity index (χ1v) is 5.81. The van der Waals surface area contributed by atoms with E-state index in [-0.39, 0.29) is 0 Å². The monoisotopic (exact) mass is 205 g/mol. The fraction of sp³-hybridized carbons (Fsp3) is 1.00. The summed E-state index contributed by atoms with van der Waals surface area (Å²) in [6.07, 6.45) is 4.88. The first kappa shape index (κ1) is 11.3. The normalized spacial score (nSPS) is 22.4. The van der Waals surface area contributed by atoms with Crippen molar-refractivity contribution in [3.8, 4) is 0 Å². The van der Waals surface area contributed by atoms with Crippen molar-refractivity contribution >= 4 is 11.6 Å². The fourth-order valence-electron chi connectivity index (χ4n) is 1.57. The van der Waals surface area contributed by atoms with E-state index in [2.05, 4.69) is 5.32 Å². The SMILES string of the molecule is ClCCCCCNCC1CCOC1. The minimum absolute atomic E-state index is 0.757. The van der Waals surface area contributed by atoms with E-state index in [9.17, 15) is 0 Å². The van der Waals surface area contributed by atoms with Gasteiger partial charge in [-0.25, -0.2) is 0 Å². The first-order valence-electron chi connectivity index (χ1n) is 5.28. The zero-order chi connectivity index (χ0) is 9.36. The highest BCUT2D eigenvalue weighted by Gasteiger charge is 2.14. The van der Waals surface area contributed by atoms with Crippen LogP contribution in [0.1, 0.15) is 25.7 Å². The van der Waals surface area contributed by atoms with Gasteiger partial charge in [-0.05, 0) is 31.7 Å². The Labute approximate surface area is 86.0 Å². The van der Waals surface area contributed by atoms with Crippen LogP contribution in [0.25, 0.3) is 0 Å². The average Bonchev–Trinajstić information content (AvgIpc) is 2.63. The van der Waals surface area contributed by atoms with Gasteiger partial charge in [0.25, 0.3) is 0 Å². The van der Waals surface area contributed by atoms with Crippen molar-refractivity contribution in [1.82, 2.24) is 5.32 Å². The lowest BCUT2D eigenvalue weighted by molar-refractivity contribution is 0.185. The molecule has 0 aromatic carbocycles. The number of unbranched alkanes of at least 4 members (excludes halogenated alkanes) is 2. The molecule has 1 rings (SSSR count). The van der Waals surface area contributed by atoms with Crippen LogP contribution in [0.15, 0.2) is 0 Å². The molecule has 1 N–H and O–H groups in total. The molecule has 0 aromatic heterocycles. The van der Waals surface area contributed by atoms with Crippen LogP contribution >= 0.6 is 11.6 Å². The number of ether oxygens (including phenoxy) is 1. The largest absolute Gasteiger partial charge is 0.381 e. The van der Waals surface area contributed by atoms with Crippen molar-refractivity contribution in [2.45, 2.75) is 25.7 Å². The molecule has 1 heterocycles. The number of hydrogen-bond acceptors (Lipinski definition) is 2. The van der Waals surface area contributed by atoms with Crippen LogP contribution < -0.4 is 5.32 Å². The quantitative estimate of drug-likeness (QED) is 0.507. The predicted molar refractivity (Wildman–Crippen MR) is 56.4 cm³/mol. The highest BCUT2D eigenvalue weighted by molar-refractivity contribution is 6.17. The lowest BCUT2D eigenvalue weighted by Gasteiger charge is -2.08. The van der Waals surface area contributed by atoms with Crippen molar-refractivity contribution in [3.63, 3.8) is 0 Å². The summed E-state index contributed by atoms with van der Waals surface area (Å²) in [6.45, 7) is 4.17. The van der Waals surface area contributed by atoms with E-state index in [4.69, 9.17) is 16.3 Å². The van der Waals surface area contributed by atoms with Gasteiger partial charge in [0.05, 0.1) is 6.61 Å². The van der Waals surface area contributed by atoms with Crippen molar-refractivity contribution in [3.05, 3.63) is 0 Å². The summed E-state index contributed by atoms with van der Waals surface area (Å²) in [5.74, 6) is 1.56. The lowest BCUT2D eigenvalue weighted by Crippen LogP contribution is -2.23. The molecule has 0 aromatic rings. The van der Waals surface area contributed by atoms with Crippen LogP contribution in [-0.4, -0.2) is 32.2 Å². The highest BCUT2D eigenvalue weighted by Crippen LogP contribution is 2.10. The summed E-state index contributed by atoms with van der Waals surface area (Å²) in [4.78, 5) is 0. The van der Waals surface area contributed by atoms with Gasteiger partial charge in [0.1, 0.15) is 0 Å². The van der Waals surface area contributed by atoms with Crippen LogP contribution in [0.2, 0.25) is 0 Å². The molecule has 1 saturated heterocycles. The maximum atomic E-state index is 5.58. The number of halogens is 1. The maximum Gasteiger partial charge on any atom is 0.0507 e. The Balaban J connectivity index is 1.78. The molecule has 1 fully saturated rings. The van der Waals surface area contributed by atoms with Crippen molar-refractivity contribution in [2.75, 3.05) is 32.2 Å². The van der Waals surface area contributed by atoms with Crippen molar-refractivity contribution in [1.29, 1.82) is 0 Å². The molecule has 0 aliphatic carbocycles. The zero-order valence-electron chi connectivity index (χ0n) is 8.23. The van der Waals surface area contributed by atoms with Crippen molar-refractivity contribution in [2.24, 2.45) is 5.92 Å². The minimum atomic E-state index is 0.757. The molecule has 0 bridgehead atoms. The third-order valence-electron chi connectivity index (χ3n) is 2.44. The zero-order valence-corrected chi connectivity index (χ0v) is 8.98. The van der Waals surface area contributed by atoms with Gasteiger partial charge in [-0.15, -0.1) is 11.6 Å². The molecule has 3 heteroatoms. The smallest absolute Gasteiger partial charge is 0.0507 e. The van der Waals surface area contributed by atoms with E-state index in [0.717, 1.165) is 44.5 Å². The molecule has 0 amide bonds. The second kappa shape index (κ2) is 7.60. The Bertz CT molecular complexity index is 115. The average molecular weight is 206 g/mol. The molecule has 0 spiro atoms. The Morgan fingerprint density at radius 1 is 1.31 bits per heavy atom. The summed E-state index contributed by atoms with van der Waals surface area (Å²) in [5.41, 5.74) is 0. The van der Waals surface area contributed by atoms with E-state index in [1.54, 1.807) is 0 Å². The molecule has 1 atom stereocenters. The highest BCUT2D eigenvalue weighted by atomic mass is 35.5. The Kier molecular flexibility index (Phi) is 6.60. The number of hydrogen-bond donors (Lipinski definition) is 1. The van der Waals surface area contributed by atoms with Gasteiger partial charge in [0.2, 0.25) is 0 Å². The lowest BCUT2D eigenvalue weighted by atomic mass is 10.1. The Morgan fingerprint density at radius 3 is 2.92 bits per heavy atom. The van der Waals surface area contributed by atoms with Crippen LogP contribution in [0.4, 0.5) is 0 Å². The molecule has 2 nitrogen and oxygen atoms in total. The summed E-state index contributed by atoms with van der Waals surface area (Å²) in [7, 11) is 0. The molecule has 0 saturated carbocycles. The topological polar surface area (TPSA) is 21.3 Å². The number of nitrogens with one attached hydrogen (secondary N) is 1. The van der Waals surface area contributed by atoms with Crippen LogP contribution in [0, 0.1) is 5.92 Å². The summed E-state index contributed by atoms with van der Waals surface area (Å²) < 4.78 is 5.30. The fourth-order valence-corrected chi connectivity index (χ4v) is 1.76. The molecule has 0 radical (unpaired) electrons. The van der Waals surface area contributed by atoms with Gasteiger partial charge in [0.15, 0.2) is 0 Å². The van der Waals surface area contributed by atoms with Gasteiger partial charge in [-0.2, -0.15) is 0 Å². The molecule has 78 valence electrons. The van der Waals surface area contributed by atoms with Gasteiger partial charge in [-0.3, -0.25) is 0 Å². The van der Waals surface area contributed by atoms with E-state index in [0.29, 0.717) is 0 Å². The number of rotatable bonds is 7. The van der Waals surface area contributed by atoms with E-state index < -0.39 is 0 Å². The van der Waals surface area contributed by atoms with Crippen LogP contribution in [0.3, 0.4) is 0 Å². The molecule has 13 heavy (non-hydrogen) atoms. The van der Waals surface area contributed by atoms with Crippen LogP contribution in [0.5, 0.6) is 0 Å². The first-order chi connectivity index (χ1) is 6.43. The standard InChI is InChI=1S/C10H20ClNO/c11-5-2-1-3-6-12-8-10-4-7-13-9-10/h10,12H,1-9H2. The Morgan fingerprint density at radius 2 is 2.23 bits per heavy atom. The molecular formula is C10H20ClNO. The van der Waals surface area contributed by atoms with Gasteiger partial charge in [0, 0.05) is 19.0 Å². The third-order valence-corrected chi connectivity index (χ3v) is 2.71. The maximum absolute atomic E-state index is 5.58. The summed E-state index contributed by atoms with van der Waals surface area (Å²) in [6, 6.07) is 0. The van der Waals surface area contributed by atoms with Crippen molar-refractivity contribution < 1.29 is 4.74 Å². The van der Waals surface area contributed by atoms with E-state index in [1.165, 1.54) is 19.3 Å². The van der Waals surface area contributed by atoms with Gasteiger partial charge < -0.3 is 10.1 Å². The minimum Gasteiger partial charge on any atom is -0.381 e. The van der Waals surface area contributed by atoms with Gasteiger partial charge >= 0.3 is 0 Å². The second-order valence-corrected chi connectivity index (χ2v) is 4.06. The van der Waals surface area contributed by atoms with Crippen LogP contribution in [-0.2, 0) is 4.74 Å². The molecule has 1 aliphatic rings. The predicted octanol–water partition coefficient (Wildman–Crippen LogP) is 2.02. The number of alkyl halides is 1. The Hall–Kier alpha value is 0.210. The molecular weight excluding hydrogens is 186 g/mol.